The van der Waals surface area contributed by atoms with Crippen LogP contribution in [0.25, 0.3) is 0 Å². The molecule has 1 atom stereocenters. The SMILES string of the molecule is CCSCC(Cc1cc(Br)ccc1F)NN. The molecule has 0 aliphatic carbocycles. The van der Waals surface area contributed by atoms with Gasteiger partial charge in [-0.3, -0.25) is 11.3 Å². The Hall–Kier alpha value is -0.100. The van der Waals surface area contributed by atoms with E-state index in [1.807, 2.05) is 0 Å². The Morgan fingerprint density at radius 2 is 2.31 bits per heavy atom. The number of hydrazine groups is 1. The second-order valence-electron chi connectivity index (χ2n) is 3.46. The summed E-state index contributed by atoms with van der Waals surface area (Å²) in [6, 6.07) is 5.08. The van der Waals surface area contributed by atoms with E-state index in [1.165, 1.54) is 6.07 Å². The number of benzene rings is 1. The van der Waals surface area contributed by atoms with E-state index in [4.69, 9.17) is 5.84 Å². The van der Waals surface area contributed by atoms with Crippen molar-refractivity contribution in [1.82, 2.24) is 5.43 Å². The lowest BCUT2D eigenvalue weighted by molar-refractivity contribution is 0.546. The number of nitrogens with two attached hydrogens (primary N) is 1. The predicted molar refractivity (Wildman–Crippen MR) is 71.9 cm³/mol. The molecule has 1 rings (SSSR count). The van der Waals surface area contributed by atoms with Gasteiger partial charge in [0.05, 0.1) is 0 Å². The fourth-order valence-electron chi connectivity index (χ4n) is 1.39. The molecule has 0 spiro atoms. The lowest BCUT2D eigenvalue weighted by Gasteiger charge is -2.15. The zero-order valence-electron chi connectivity index (χ0n) is 9.17. The third-order valence-electron chi connectivity index (χ3n) is 2.23. The van der Waals surface area contributed by atoms with Crippen LogP contribution in [-0.2, 0) is 6.42 Å². The van der Waals surface area contributed by atoms with E-state index in [9.17, 15) is 4.39 Å². The van der Waals surface area contributed by atoms with Crippen molar-refractivity contribution in [2.75, 3.05) is 11.5 Å². The zero-order valence-corrected chi connectivity index (χ0v) is 11.6. The fraction of sp³-hybridized carbons (Fsp3) is 0.455. The Labute approximate surface area is 108 Å². The average molecular weight is 307 g/mol. The number of thioether (sulfide) groups is 1. The van der Waals surface area contributed by atoms with Gasteiger partial charge in [0.2, 0.25) is 0 Å². The maximum Gasteiger partial charge on any atom is 0.126 e. The molecule has 0 aliphatic rings. The van der Waals surface area contributed by atoms with Crippen molar-refractivity contribution in [1.29, 1.82) is 0 Å². The summed E-state index contributed by atoms with van der Waals surface area (Å²) in [4.78, 5) is 0. The van der Waals surface area contributed by atoms with E-state index in [0.29, 0.717) is 12.0 Å². The lowest BCUT2D eigenvalue weighted by Crippen LogP contribution is -2.39. The Morgan fingerprint density at radius 1 is 1.56 bits per heavy atom. The molecule has 0 fully saturated rings. The van der Waals surface area contributed by atoms with E-state index in [-0.39, 0.29) is 11.9 Å². The fourth-order valence-corrected chi connectivity index (χ4v) is 2.53. The third kappa shape index (κ3) is 4.41. The van der Waals surface area contributed by atoms with Crippen LogP contribution in [0.1, 0.15) is 12.5 Å². The number of hydrogen-bond acceptors (Lipinski definition) is 3. The largest absolute Gasteiger partial charge is 0.271 e. The van der Waals surface area contributed by atoms with Crippen LogP contribution in [0.5, 0.6) is 0 Å². The van der Waals surface area contributed by atoms with Gasteiger partial charge < -0.3 is 0 Å². The van der Waals surface area contributed by atoms with E-state index in [0.717, 1.165) is 16.0 Å². The Morgan fingerprint density at radius 3 is 2.94 bits per heavy atom. The molecular weight excluding hydrogens is 291 g/mol. The summed E-state index contributed by atoms with van der Waals surface area (Å²) in [5, 5.41) is 0. The van der Waals surface area contributed by atoms with Gasteiger partial charge in [0.1, 0.15) is 5.82 Å². The Balaban J connectivity index is 2.65. The van der Waals surface area contributed by atoms with Crippen LogP contribution in [0.3, 0.4) is 0 Å². The highest BCUT2D eigenvalue weighted by Crippen LogP contribution is 2.17. The third-order valence-corrected chi connectivity index (χ3v) is 3.77. The zero-order chi connectivity index (χ0) is 12.0. The van der Waals surface area contributed by atoms with Gasteiger partial charge in [-0.1, -0.05) is 22.9 Å². The van der Waals surface area contributed by atoms with Crippen molar-refractivity contribution in [2.45, 2.75) is 19.4 Å². The average Bonchev–Trinajstić information content (AvgIpc) is 2.28. The summed E-state index contributed by atoms with van der Waals surface area (Å²) in [6.07, 6.45) is 0.606. The molecule has 0 amide bonds. The van der Waals surface area contributed by atoms with Gasteiger partial charge in [0, 0.05) is 16.3 Å². The van der Waals surface area contributed by atoms with E-state index in [2.05, 4.69) is 28.3 Å². The summed E-state index contributed by atoms with van der Waals surface area (Å²) in [5.41, 5.74) is 3.42. The molecule has 3 N–H and O–H groups in total. The Bertz CT molecular complexity index is 336. The van der Waals surface area contributed by atoms with Crippen LogP contribution in [0.15, 0.2) is 22.7 Å². The van der Waals surface area contributed by atoms with Crippen molar-refractivity contribution in [3.05, 3.63) is 34.1 Å². The first kappa shape index (κ1) is 14.0. The van der Waals surface area contributed by atoms with E-state index < -0.39 is 0 Å². The molecule has 0 heterocycles. The van der Waals surface area contributed by atoms with Crippen molar-refractivity contribution in [2.24, 2.45) is 5.84 Å². The van der Waals surface area contributed by atoms with Gasteiger partial charge >= 0.3 is 0 Å². The second kappa shape index (κ2) is 7.27. The molecule has 1 unspecified atom stereocenters. The molecule has 0 radical (unpaired) electrons. The summed E-state index contributed by atoms with van der Waals surface area (Å²) < 4.78 is 14.4. The Kier molecular flexibility index (Phi) is 6.34. The normalized spacial score (nSPS) is 12.8. The lowest BCUT2D eigenvalue weighted by atomic mass is 10.1. The number of halogens is 2. The van der Waals surface area contributed by atoms with Crippen LogP contribution >= 0.6 is 27.7 Å². The minimum atomic E-state index is -0.176. The number of rotatable bonds is 6. The minimum absolute atomic E-state index is 0.105. The first-order chi connectivity index (χ1) is 7.67. The van der Waals surface area contributed by atoms with Gasteiger partial charge in [0.25, 0.3) is 0 Å². The van der Waals surface area contributed by atoms with Gasteiger partial charge in [-0.15, -0.1) is 0 Å². The van der Waals surface area contributed by atoms with Crippen LogP contribution in [0.2, 0.25) is 0 Å². The molecular formula is C11H16BrFN2S. The first-order valence-electron chi connectivity index (χ1n) is 5.15. The topological polar surface area (TPSA) is 38.0 Å². The molecule has 0 bridgehead atoms. The number of hydrogen-bond donors (Lipinski definition) is 2. The molecule has 5 heteroatoms. The molecule has 0 saturated carbocycles. The summed E-state index contributed by atoms with van der Waals surface area (Å²) in [5.74, 6) is 7.20. The van der Waals surface area contributed by atoms with Crippen molar-refractivity contribution in [3.8, 4) is 0 Å². The quantitative estimate of drug-likeness (QED) is 0.627. The van der Waals surface area contributed by atoms with E-state index >= 15 is 0 Å². The molecule has 1 aromatic carbocycles. The molecule has 16 heavy (non-hydrogen) atoms. The molecule has 0 aromatic heterocycles. The molecule has 0 aliphatic heterocycles. The van der Waals surface area contributed by atoms with Crippen molar-refractivity contribution < 1.29 is 4.39 Å². The van der Waals surface area contributed by atoms with Crippen molar-refractivity contribution >= 4 is 27.7 Å². The summed E-state index contributed by atoms with van der Waals surface area (Å²) in [6.45, 7) is 2.10. The van der Waals surface area contributed by atoms with Crippen LogP contribution < -0.4 is 11.3 Å². The van der Waals surface area contributed by atoms with Crippen LogP contribution in [0.4, 0.5) is 4.39 Å². The van der Waals surface area contributed by atoms with Crippen LogP contribution in [0, 0.1) is 5.82 Å². The summed E-state index contributed by atoms with van der Waals surface area (Å²) >= 11 is 5.13. The monoisotopic (exact) mass is 306 g/mol. The number of nitrogens with one attached hydrogen (secondary N) is 1. The van der Waals surface area contributed by atoms with Gasteiger partial charge in [-0.2, -0.15) is 11.8 Å². The maximum atomic E-state index is 13.5. The molecule has 2 nitrogen and oxygen atoms in total. The molecule has 0 saturated heterocycles. The predicted octanol–water partition coefficient (Wildman–Crippen LogP) is 2.72. The van der Waals surface area contributed by atoms with E-state index in [1.54, 1.807) is 23.9 Å². The highest BCUT2D eigenvalue weighted by Gasteiger charge is 2.11. The van der Waals surface area contributed by atoms with Crippen molar-refractivity contribution in [3.63, 3.8) is 0 Å². The van der Waals surface area contributed by atoms with Crippen LogP contribution in [-0.4, -0.2) is 17.5 Å². The van der Waals surface area contributed by atoms with Gasteiger partial charge in [-0.05, 0) is 35.9 Å². The van der Waals surface area contributed by atoms with Gasteiger partial charge in [0.15, 0.2) is 0 Å². The maximum absolute atomic E-state index is 13.5. The standard InChI is InChI=1S/C11H16BrFN2S/c1-2-16-7-10(15-14)6-8-5-9(12)3-4-11(8)13/h3-5,10,15H,2,6-7,14H2,1H3. The first-order valence-corrected chi connectivity index (χ1v) is 7.10. The smallest absolute Gasteiger partial charge is 0.126 e. The highest BCUT2D eigenvalue weighted by molar-refractivity contribution is 9.10. The molecule has 1 aromatic rings. The minimum Gasteiger partial charge on any atom is -0.271 e. The van der Waals surface area contributed by atoms with Gasteiger partial charge in [-0.25, -0.2) is 4.39 Å². The highest BCUT2D eigenvalue weighted by atomic mass is 79.9. The summed E-state index contributed by atoms with van der Waals surface area (Å²) in [7, 11) is 0. The molecule has 90 valence electrons. The second-order valence-corrected chi connectivity index (χ2v) is 5.70.